The molecule has 0 saturated carbocycles. The largest absolute Gasteiger partial charge is 0.395 e. The SMILES string of the molecule is OC[C@H]1CCCN1Cc1ccc(F)cc1Cl. The molecule has 0 bridgehead atoms. The maximum Gasteiger partial charge on any atom is 0.124 e. The van der Waals surface area contributed by atoms with Crippen LogP contribution in [0, 0.1) is 5.82 Å². The Kier molecular flexibility index (Phi) is 3.79. The Bertz CT molecular complexity index is 372. The molecule has 0 unspecified atom stereocenters. The lowest BCUT2D eigenvalue weighted by atomic mass is 10.2. The van der Waals surface area contributed by atoms with E-state index in [1.165, 1.54) is 12.1 Å². The average molecular weight is 244 g/mol. The molecule has 1 saturated heterocycles. The van der Waals surface area contributed by atoms with Gasteiger partial charge >= 0.3 is 0 Å². The molecule has 0 aromatic heterocycles. The van der Waals surface area contributed by atoms with E-state index in [-0.39, 0.29) is 18.5 Å². The Balaban J connectivity index is 2.08. The molecule has 1 fully saturated rings. The van der Waals surface area contributed by atoms with Crippen LogP contribution in [0.25, 0.3) is 0 Å². The fraction of sp³-hybridized carbons (Fsp3) is 0.500. The summed E-state index contributed by atoms with van der Waals surface area (Å²) in [6.45, 7) is 1.84. The van der Waals surface area contributed by atoms with E-state index in [1.54, 1.807) is 6.07 Å². The van der Waals surface area contributed by atoms with E-state index in [0.29, 0.717) is 11.6 Å². The Morgan fingerprint density at radius 1 is 1.50 bits per heavy atom. The summed E-state index contributed by atoms with van der Waals surface area (Å²) < 4.78 is 12.9. The number of benzene rings is 1. The van der Waals surface area contributed by atoms with Crippen molar-refractivity contribution in [3.05, 3.63) is 34.6 Å². The normalized spacial score (nSPS) is 21.6. The first-order valence-corrected chi connectivity index (χ1v) is 5.87. The molecule has 2 rings (SSSR count). The number of aliphatic hydroxyl groups excluding tert-OH is 1. The number of hydrogen-bond donors (Lipinski definition) is 1. The van der Waals surface area contributed by atoms with Gasteiger partial charge in [0.15, 0.2) is 0 Å². The maximum atomic E-state index is 12.9. The van der Waals surface area contributed by atoms with E-state index in [2.05, 4.69) is 4.90 Å². The summed E-state index contributed by atoms with van der Waals surface area (Å²) >= 11 is 5.97. The van der Waals surface area contributed by atoms with Gasteiger partial charge in [0.2, 0.25) is 0 Å². The van der Waals surface area contributed by atoms with E-state index in [9.17, 15) is 9.50 Å². The van der Waals surface area contributed by atoms with Crippen LogP contribution in [0.4, 0.5) is 4.39 Å². The molecule has 0 spiro atoms. The standard InChI is InChI=1S/C12H15ClFNO/c13-12-6-10(14)4-3-9(12)7-15-5-1-2-11(15)8-16/h3-4,6,11,16H,1-2,5,7-8H2/t11-/m1/s1. The van der Waals surface area contributed by atoms with Gasteiger partial charge in [0.25, 0.3) is 0 Å². The Morgan fingerprint density at radius 3 is 3.00 bits per heavy atom. The zero-order valence-corrected chi connectivity index (χ0v) is 9.75. The molecule has 1 atom stereocenters. The molecule has 1 aliphatic heterocycles. The van der Waals surface area contributed by atoms with Crippen molar-refractivity contribution >= 4 is 11.6 Å². The minimum Gasteiger partial charge on any atom is -0.395 e. The van der Waals surface area contributed by atoms with Gasteiger partial charge < -0.3 is 5.11 Å². The zero-order chi connectivity index (χ0) is 11.5. The molecular weight excluding hydrogens is 229 g/mol. The van der Waals surface area contributed by atoms with Crippen LogP contribution in [0.1, 0.15) is 18.4 Å². The summed E-state index contributed by atoms with van der Waals surface area (Å²) in [6, 6.07) is 4.69. The third-order valence-corrected chi connectivity index (χ3v) is 3.45. The third-order valence-electron chi connectivity index (χ3n) is 3.10. The Labute approximate surface area is 99.6 Å². The fourth-order valence-electron chi connectivity index (χ4n) is 2.18. The predicted octanol–water partition coefficient (Wildman–Crippen LogP) is 2.44. The van der Waals surface area contributed by atoms with Crippen LogP contribution in [0.5, 0.6) is 0 Å². The first-order chi connectivity index (χ1) is 7.70. The molecule has 0 aliphatic carbocycles. The van der Waals surface area contributed by atoms with E-state index < -0.39 is 0 Å². The second kappa shape index (κ2) is 5.13. The average Bonchev–Trinajstić information content (AvgIpc) is 2.69. The van der Waals surface area contributed by atoms with Crippen molar-refractivity contribution in [2.24, 2.45) is 0 Å². The van der Waals surface area contributed by atoms with Gasteiger partial charge in [-0.1, -0.05) is 17.7 Å². The molecule has 1 aromatic carbocycles. The number of aliphatic hydroxyl groups is 1. The van der Waals surface area contributed by atoms with Crippen molar-refractivity contribution in [1.82, 2.24) is 4.90 Å². The second-order valence-corrected chi connectivity index (χ2v) is 4.59. The highest BCUT2D eigenvalue weighted by molar-refractivity contribution is 6.31. The van der Waals surface area contributed by atoms with Crippen LogP contribution in [0.2, 0.25) is 5.02 Å². The van der Waals surface area contributed by atoms with Crippen molar-refractivity contribution in [2.45, 2.75) is 25.4 Å². The molecular formula is C12H15ClFNO. The summed E-state index contributed by atoms with van der Waals surface area (Å²) in [6.07, 6.45) is 2.12. The topological polar surface area (TPSA) is 23.5 Å². The summed E-state index contributed by atoms with van der Waals surface area (Å²) in [5.41, 5.74) is 0.920. The lowest BCUT2D eigenvalue weighted by Crippen LogP contribution is -2.31. The monoisotopic (exact) mass is 243 g/mol. The van der Waals surface area contributed by atoms with Gasteiger partial charge in [0, 0.05) is 17.6 Å². The van der Waals surface area contributed by atoms with E-state index in [4.69, 9.17) is 11.6 Å². The van der Waals surface area contributed by atoms with E-state index >= 15 is 0 Å². The number of rotatable bonds is 3. The van der Waals surface area contributed by atoms with Gasteiger partial charge in [-0.15, -0.1) is 0 Å². The van der Waals surface area contributed by atoms with Gasteiger partial charge in [0.1, 0.15) is 5.82 Å². The summed E-state index contributed by atoms with van der Waals surface area (Å²) in [7, 11) is 0. The number of hydrogen-bond acceptors (Lipinski definition) is 2. The van der Waals surface area contributed by atoms with Crippen molar-refractivity contribution < 1.29 is 9.50 Å². The number of nitrogens with zero attached hydrogens (tertiary/aromatic N) is 1. The predicted molar refractivity (Wildman–Crippen MR) is 61.9 cm³/mol. The van der Waals surface area contributed by atoms with Crippen LogP contribution in [0.3, 0.4) is 0 Å². The van der Waals surface area contributed by atoms with Gasteiger partial charge in [-0.3, -0.25) is 4.90 Å². The van der Waals surface area contributed by atoms with Crippen molar-refractivity contribution in [3.63, 3.8) is 0 Å². The van der Waals surface area contributed by atoms with E-state index in [1.807, 2.05) is 0 Å². The third kappa shape index (κ3) is 2.54. The highest BCUT2D eigenvalue weighted by Crippen LogP contribution is 2.24. The summed E-state index contributed by atoms with van der Waals surface area (Å²) in [5.74, 6) is -0.311. The van der Waals surface area contributed by atoms with Crippen molar-refractivity contribution in [2.75, 3.05) is 13.2 Å². The zero-order valence-electron chi connectivity index (χ0n) is 9.00. The smallest absolute Gasteiger partial charge is 0.124 e. The fourth-order valence-corrected chi connectivity index (χ4v) is 2.41. The summed E-state index contributed by atoms with van der Waals surface area (Å²) in [4.78, 5) is 2.19. The molecule has 1 aliphatic rings. The number of likely N-dealkylation sites (tertiary alicyclic amines) is 1. The van der Waals surface area contributed by atoms with Gasteiger partial charge in [-0.05, 0) is 37.1 Å². The first-order valence-electron chi connectivity index (χ1n) is 5.49. The molecule has 0 amide bonds. The number of halogens is 2. The second-order valence-electron chi connectivity index (χ2n) is 4.18. The van der Waals surface area contributed by atoms with Crippen LogP contribution in [-0.2, 0) is 6.54 Å². The maximum absolute atomic E-state index is 12.9. The summed E-state index contributed by atoms with van der Waals surface area (Å²) in [5, 5.41) is 9.65. The molecule has 1 N–H and O–H groups in total. The Hall–Kier alpha value is -0.640. The van der Waals surface area contributed by atoms with E-state index in [0.717, 1.165) is 24.9 Å². The van der Waals surface area contributed by atoms with Crippen LogP contribution in [0.15, 0.2) is 18.2 Å². The van der Waals surface area contributed by atoms with Crippen LogP contribution in [-0.4, -0.2) is 29.2 Å². The molecule has 2 nitrogen and oxygen atoms in total. The van der Waals surface area contributed by atoms with Gasteiger partial charge in [-0.25, -0.2) is 4.39 Å². The Morgan fingerprint density at radius 2 is 2.31 bits per heavy atom. The van der Waals surface area contributed by atoms with Crippen molar-refractivity contribution in [1.29, 1.82) is 0 Å². The molecule has 0 radical (unpaired) electrons. The van der Waals surface area contributed by atoms with Crippen molar-refractivity contribution in [3.8, 4) is 0 Å². The molecule has 16 heavy (non-hydrogen) atoms. The highest BCUT2D eigenvalue weighted by Gasteiger charge is 2.24. The lowest BCUT2D eigenvalue weighted by Gasteiger charge is -2.23. The van der Waals surface area contributed by atoms with Crippen LogP contribution < -0.4 is 0 Å². The quantitative estimate of drug-likeness (QED) is 0.882. The molecule has 1 aromatic rings. The van der Waals surface area contributed by atoms with Gasteiger partial charge in [0.05, 0.1) is 6.61 Å². The molecule has 88 valence electrons. The first kappa shape index (κ1) is 11.8. The van der Waals surface area contributed by atoms with Gasteiger partial charge in [-0.2, -0.15) is 0 Å². The minimum atomic E-state index is -0.311. The van der Waals surface area contributed by atoms with Crippen LogP contribution >= 0.6 is 11.6 Å². The minimum absolute atomic E-state index is 0.179. The molecule has 4 heteroatoms. The lowest BCUT2D eigenvalue weighted by molar-refractivity contribution is 0.153. The highest BCUT2D eigenvalue weighted by atomic mass is 35.5. The molecule has 1 heterocycles.